The molecule has 0 heterocycles. The predicted molar refractivity (Wildman–Crippen MR) is 59.4 cm³/mol. The highest BCUT2D eigenvalue weighted by Crippen LogP contribution is 1.94. The Kier molecular flexibility index (Phi) is 7.70. The summed E-state index contributed by atoms with van der Waals surface area (Å²) in [5, 5.41) is 11.1. The van der Waals surface area contributed by atoms with E-state index >= 15 is 0 Å². The van der Waals surface area contributed by atoms with Crippen LogP contribution in [0.2, 0.25) is 0 Å². The van der Waals surface area contributed by atoms with Gasteiger partial charge in [0.1, 0.15) is 6.54 Å². The summed E-state index contributed by atoms with van der Waals surface area (Å²) in [6, 6.07) is 0. The van der Waals surface area contributed by atoms with E-state index in [0.29, 0.717) is 0 Å². The summed E-state index contributed by atoms with van der Waals surface area (Å²) < 4.78 is 4.79. The first-order chi connectivity index (χ1) is 7.97. The molecule has 7 nitrogen and oxygen atoms in total. The van der Waals surface area contributed by atoms with Crippen molar-refractivity contribution in [2.45, 2.75) is 13.3 Å². The van der Waals surface area contributed by atoms with E-state index < -0.39 is 5.97 Å². The molecule has 0 aliphatic rings. The maximum absolute atomic E-state index is 11.6. The van der Waals surface area contributed by atoms with E-state index in [1.165, 1.54) is 18.9 Å². The summed E-state index contributed by atoms with van der Waals surface area (Å²) in [4.78, 5) is 34.0. The number of amides is 2. The summed E-state index contributed by atoms with van der Waals surface area (Å²) in [6.07, 6.45) is 0.0799. The van der Waals surface area contributed by atoms with Gasteiger partial charge in [-0.05, 0) is 0 Å². The van der Waals surface area contributed by atoms with E-state index in [1.54, 1.807) is 0 Å². The van der Waals surface area contributed by atoms with Crippen LogP contribution in [0.1, 0.15) is 13.3 Å². The van der Waals surface area contributed by atoms with Crippen LogP contribution >= 0.6 is 0 Å². The topological polar surface area (TPSA) is 95.9 Å². The Morgan fingerprint density at radius 3 is 2.47 bits per heavy atom. The Bertz CT molecular complexity index is 280. The van der Waals surface area contributed by atoms with Gasteiger partial charge in [0.25, 0.3) is 0 Å². The van der Waals surface area contributed by atoms with Crippen molar-refractivity contribution in [2.24, 2.45) is 0 Å². The highest BCUT2D eigenvalue weighted by Gasteiger charge is 2.15. The van der Waals surface area contributed by atoms with E-state index in [4.69, 9.17) is 9.84 Å². The Balaban J connectivity index is 4.11. The van der Waals surface area contributed by atoms with Crippen LogP contribution in [0.4, 0.5) is 0 Å². The van der Waals surface area contributed by atoms with Crippen LogP contribution in [0.15, 0.2) is 0 Å². The van der Waals surface area contributed by atoms with E-state index in [9.17, 15) is 14.4 Å². The van der Waals surface area contributed by atoms with Crippen molar-refractivity contribution in [3.05, 3.63) is 0 Å². The van der Waals surface area contributed by atoms with Gasteiger partial charge in [-0.2, -0.15) is 0 Å². The summed E-state index contributed by atoms with van der Waals surface area (Å²) in [5.74, 6) is -1.62. The molecule has 0 aliphatic heterocycles. The molecule has 2 N–H and O–H groups in total. The van der Waals surface area contributed by atoms with Crippen molar-refractivity contribution >= 4 is 17.8 Å². The maximum atomic E-state index is 11.6. The molecule has 0 aromatic carbocycles. The molecule has 0 rings (SSSR count). The van der Waals surface area contributed by atoms with Gasteiger partial charge in [-0.1, -0.05) is 0 Å². The van der Waals surface area contributed by atoms with Crippen molar-refractivity contribution in [3.63, 3.8) is 0 Å². The van der Waals surface area contributed by atoms with Crippen molar-refractivity contribution in [3.8, 4) is 0 Å². The van der Waals surface area contributed by atoms with Crippen molar-refractivity contribution in [1.82, 2.24) is 10.2 Å². The van der Waals surface area contributed by atoms with Crippen LogP contribution in [0.5, 0.6) is 0 Å². The van der Waals surface area contributed by atoms with Gasteiger partial charge in [-0.25, -0.2) is 0 Å². The van der Waals surface area contributed by atoms with Gasteiger partial charge in [-0.15, -0.1) is 0 Å². The zero-order valence-corrected chi connectivity index (χ0v) is 10.1. The summed E-state index contributed by atoms with van der Waals surface area (Å²) in [5.41, 5.74) is 0. The number of nitrogens with one attached hydrogen (secondary N) is 1. The molecule has 0 fully saturated rings. The Hall–Kier alpha value is -1.63. The third kappa shape index (κ3) is 8.21. The fourth-order valence-electron chi connectivity index (χ4n) is 1.16. The largest absolute Gasteiger partial charge is 0.480 e. The van der Waals surface area contributed by atoms with Crippen molar-refractivity contribution in [1.29, 1.82) is 0 Å². The fourth-order valence-corrected chi connectivity index (χ4v) is 1.16. The molecule has 7 heteroatoms. The molecular weight excluding hydrogens is 228 g/mol. The van der Waals surface area contributed by atoms with E-state index in [-0.39, 0.29) is 44.5 Å². The van der Waals surface area contributed by atoms with Gasteiger partial charge in [0.15, 0.2) is 0 Å². The number of carboxylic acid groups (broad SMARTS) is 1. The Morgan fingerprint density at radius 1 is 1.35 bits per heavy atom. The van der Waals surface area contributed by atoms with Crippen LogP contribution in [-0.2, 0) is 19.1 Å². The van der Waals surface area contributed by atoms with E-state index in [2.05, 4.69) is 5.32 Å². The Labute approximate surface area is 99.7 Å². The van der Waals surface area contributed by atoms with Crippen LogP contribution in [0.25, 0.3) is 0 Å². The van der Waals surface area contributed by atoms with Crippen LogP contribution in [0, 0.1) is 0 Å². The monoisotopic (exact) mass is 246 g/mol. The third-order valence-electron chi connectivity index (χ3n) is 1.96. The van der Waals surface area contributed by atoms with Gasteiger partial charge in [0.2, 0.25) is 11.8 Å². The fraction of sp³-hybridized carbons (Fsp3) is 0.700. The zero-order valence-electron chi connectivity index (χ0n) is 10.1. The molecule has 0 bridgehead atoms. The summed E-state index contributed by atoms with van der Waals surface area (Å²) in [6.45, 7) is 1.70. The molecule has 0 aromatic rings. The van der Waals surface area contributed by atoms with Gasteiger partial charge in [0.05, 0.1) is 6.61 Å². The number of carbonyl (C=O) groups excluding carboxylic acids is 2. The normalized spacial score (nSPS) is 9.76. The molecule has 0 spiro atoms. The number of carbonyl (C=O) groups is 3. The summed E-state index contributed by atoms with van der Waals surface area (Å²) in [7, 11) is 1.47. The van der Waals surface area contributed by atoms with Crippen LogP contribution in [-0.4, -0.2) is 61.1 Å². The molecule has 0 radical (unpaired) electrons. The molecule has 0 unspecified atom stereocenters. The zero-order chi connectivity index (χ0) is 13.3. The minimum atomic E-state index is -1.08. The number of nitrogens with zero attached hydrogens (tertiary/aromatic N) is 1. The van der Waals surface area contributed by atoms with Gasteiger partial charge in [0, 0.05) is 33.5 Å². The lowest BCUT2D eigenvalue weighted by atomic mass is 10.3. The third-order valence-corrected chi connectivity index (χ3v) is 1.96. The number of rotatable bonds is 8. The van der Waals surface area contributed by atoms with E-state index in [1.807, 2.05) is 0 Å². The molecule has 17 heavy (non-hydrogen) atoms. The number of hydrogen-bond donors (Lipinski definition) is 2. The lowest BCUT2D eigenvalue weighted by Crippen LogP contribution is -2.39. The molecule has 0 saturated heterocycles. The number of hydrogen-bond acceptors (Lipinski definition) is 4. The first kappa shape index (κ1) is 15.4. The van der Waals surface area contributed by atoms with Crippen LogP contribution < -0.4 is 5.32 Å². The highest BCUT2D eigenvalue weighted by molar-refractivity contribution is 5.82. The van der Waals surface area contributed by atoms with Gasteiger partial charge in [-0.3, -0.25) is 14.4 Å². The number of carboxylic acids is 1. The molecule has 0 saturated carbocycles. The standard InChI is InChI=1S/C10H18N2O5/c1-8(13)11-4-3-9(14)12(5-6-17-2)7-10(15)16/h3-7H2,1-2H3,(H,11,13)(H,15,16). The average molecular weight is 246 g/mol. The number of methoxy groups -OCH3 is 1. The van der Waals surface area contributed by atoms with Gasteiger partial charge >= 0.3 is 5.97 Å². The molecule has 2 amide bonds. The second kappa shape index (κ2) is 8.51. The second-order valence-electron chi connectivity index (χ2n) is 3.43. The van der Waals surface area contributed by atoms with Gasteiger partial charge < -0.3 is 20.1 Å². The maximum Gasteiger partial charge on any atom is 0.323 e. The molecule has 98 valence electrons. The highest BCUT2D eigenvalue weighted by atomic mass is 16.5. The molecule has 0 atom stereocenters. The lowest BCUT2D eigenvalue weighted by molar-refractivity contribution is -0.144. The quantitative estimate of drug-likeness (QED) is 0.577. The average Bonchev–Trinajstić information content (AvgIpc) is 2.22. The van der Waals surface area contributed by atoms with E-state index in [0.717, 1.165) is 0 Å². The lowest BCUT2D eigenvalue weighted by Gasteiger charge is -2.20. The number of aliphatic carboxylic acids is 1. The first-order valence-corrected chi connectivity index (χ1v) is 5.20. The molecule has 0 aromatic heterocycles. The molecular formula is C10H18N2O5. The first-order valence-electron chi connectivity index (χ1n) is 5.20. The second-order valence-corrected chi connectivity index (χ2v) is 3.43. The van der Waals surface area contributed by atoms with Crippen molar-refractivity contribution < 1.29 is 24.2 Å². The Morgan fingerprint density at radius 2 is 2.00 bits per heavy atom. The van der Waals surface area contributed by atoms with Crippen molar-refractivity contribution in [2.75, 3.05) is 33.4 Å². The van der Waals surface area contributed by atoms with Crippen LogP contribution in [0.3, 0.4) is 0 Å². The SMILES string of the molecule is COCCN(CC(=O)O)C(=O)CCNC(C)=O. The minimum Gasteiger partial charge on any atom is -0.480 e. The minimum absolute atomic E-state index is 0.0799. The predicted octanol–water partition coefficient (Wildman–Crippen LogP) is -0.928. The number of ether oxygens (including phenoxy) is 1. The summed E-state index contributed by atoms with van der Waals surface area (Å²) >= 11 is 0. The molecule has 0 aliphatic carbocycles. The smallest absolute Gasteiger partial charge is 0.323 e.